The molecule has 0 spiro atoms. The summed E-state index contributed by atoms with van der Waals surface area (Å²) in [5, 5.41) is 71.1. The van der Waals surface area contributed by atoms with Crippen molar-refractivity contribution in [3.05, 3.63) is 41.5 Å². The summed E-state index contributed by atoms with van der Waals surface area (Å²) in [6, 6.07) is 8.59. The average Bonchev–Trinajstić information content (AvgIpc) is 3.75. The van der Waals surface area contributed by atoms with Gasteiger partial charge in [-0.15, -0.1) is 0 Å². The highest BCUT2D eigenvalue weighted by Crippen LogP contribution is 2.53. The Morgan fingerprint density at radius 3 is 1.66 bits per heavy atom. The van der Waals surface area contributed by atoms with Crippen LogP contribution in [0.25, 0.3) is 0 Å². The molecule has 7 N–H and O–H groups in total. The molecule has 0 aliphatic carbocycles. The van der Waals surface area contributed by atoms with E-state index in [2.05, 4.69) is 0 Å². The molecule has 14 atom stereocenters. The molecule has 2 aromatic rings. The standard InChI is InChI=1S/C33H44O17/c1-41-18-7-13(5-6-17(18)47-32-26(39)23(36)22(35)21(10-34)48-32)28-15-11-46-29(16(15)12-45-28)14-8-19(42-2)30(20(9-14)43-3)49-33-27(40)24(37)25(38)31(44-4)50-33/h5-9,15-16,21-29,31-40H,10-12H2,1-4H3. The second-order valence-corrected chi connectivity index (χ2v) is 12.5. The fourth-order valence-electron chi connectivity index (χ4n) is 6.89. The average molecular weight is 713 g/mol. The summed E-state index contributed by atoms with van der Waals surface area (Å²) in [5.41, 5.74) is 1.50. The third-order valence-electron chi connectivity index (χ3n) is 9.68. The molecular formula is C33H44O17. The molecular weight excluding hydrogens is 668 g/mol. The summed E-state index contributed by atoms with van der Waals surface area (Å²) < 4.78 is 57.3. The second kappa shape index (κ2) is 15.3. The number of rotatable bonds is 11. The summed E-state index contributed by atoms with van der Waals surface area (Å²) in [6.07, 6.45) is -15.3. The van der Waals surface area contributed by atoms with Crippen molar-refractivity contribution in [3.8, 4) is 28.7 Å². The SMILES string of the molecule is COc1cc(C2OCC3C(c4cc(OC)c(OC5OC(OC)C(O)C(O)C5O)c(OC)c4)OCC23)ccc1OC1OC(CO)C(O)C(O)C1O. The van der Waals surface area contributed by atoms with E-state index in [0.717, 1.165) is 11.1 Å². The molecule has 4 saturated heterocycles. The first-order valence-electron chi connectivity index (χ1n) is 16.1. The first kappa shape index (κ1) is 36.7. The van der Waals surface area contributed by atoms with E-state index in [-0.39, 0.29) is 40.9 Å². The molecule has 6 rings (SSSR count). The highest BCUT2D eigenvalue weighted by molar-refractivity contribution is 5.55. The molecule has 4 fully saturated rings. The highest BCUT2D eigenvalue weighted by Gasteiger charge is 2.50. The summed E-state index contributed by atoms with van der Waals surface area (Å²) >= 11 is 0. The van der Waals surface area contributed by atoms with Gasteiger partial charge in [0.2, 0.25) is 18.3 Å². The lowest BCUT2D eigenvalue weighted by Crippen LogP contribution is -2.60. The number of fused-ring (bicyclic) bond motifs is 1. The molecule has 0 bridgehead atoms. The fourth-order valence-corrected chi connectivity index (χ4v) is 6.89. The van der Waals surface area contributed by atoms with Crippen molar-refractivity contribution in [2.45, 2.75) is 73.8 Å². The first-order chi connectivity index (χ1) is 24.0. The van der Waals surface area contributed by atoms with Crippen LogP contribution >= 0.6 is 0 Å². The highest BCUT2D eigenvalue weighted by atomic mass is 16.8. The van der Waals surface area contributed by atoms with Gasteiger partial charge in [-0.25, -0.2) is 0 Å². The molecule has 4 aliphatic rings. The predicted octanol–water partition coefficient (Wildman–Crippen LogP) is -1.24. The molecule has 50 heavy (non-hydrogen) atoms. The van der Waals surface area contributed by atoms with Crippen molar-refractivity contribution >= 4 is 0 Å². The Bertz CT molecular complexity index is 1430. The van der Waals surface area contributed by atoms with Crippen LogP contribution in [-0.2, 0) is 23.7 Å². The summed E-state index contributed by atoms with van der Waals surface area (Å²) in [5.74, 6) is 0.956. The van der Waals surface area contributed by atoms with Crippen LogP contribution in [0.2, 0.25) is 0 Å². The lowest BCUT2D eigenvalue weighted by Gasteiger charge is -2.39. The third kappa shape index (κ3) is 6.69. The van der Waals surface area contributed by atoms with Crippen molar-refractivity contribution in [3.63, 3.8) is 0 Å². The zero-order chi connectivity index (χ0) is 35.9. The number of aliphatic hydroxyl groups excluding tert-OH is 7. The molecule has 0 radical (unpaired) electrons. The van der Waals surface area contributed by atoms with E-state index in [9.17, 15) is 35.7 Å². The Labute approximate surface area is 287 Å². The van der Waals surface area contributed by atoms with Crippen molar-refractivity contribution < 1.29 is 83.1 Å². The minimum atomic E-state index is -1.61. The molecule has 0 aromatic heterocycles. The number of benzene rings is 2. The Morgan fingerprint density at radius 2 is 1.10 bits per heavy atom. The van der Waals surface area contributed by atoms with Gasteiger partial charge in [-0.1, -0.05) is 6.07 Å². The summed E-state index contributed by atoms with van der Waals surface area (Å²) in [7, 11) is 5.60. The van der Waals surface area contributed by atoms with Gasteiger partial charge in [0.25, 0.3) is 0 Å². The molecule has 278 valence electrons. The van der Waals surface area contributed by atoms with Gasteiger partial charge in [-0.05, 0) is 35.4 Å². The van der Waals surface area contributed by atoms with Crippen LogP contribution in [0.5, 0.6) is 28.7 Å². The Balaban J connectivity index is 1.18. The molecule has 0 amide bonds. The predicted molar refractivity (Wildman–Crippen MR) is 166 cm³/mol. The first-order valence-corrected chi connectivity index (χ1v) is 16.1. The van der Waals surface area contributed by atoms with Crippen molar-refractivity contribution in [1.82, 2.24) is 0 Å². The van der Waals surface area contributed by atoms with E-state index in [1.54, 1.807) is 30.3 Å². The Hall–Kier alpha value is -3.04. The zero-order valence-corrected chi connectivity index (χ0v) is 27.8. The molecule has 2 aromatic carbocycles. The molecule has 14 unspecified atom stereocenters. The minimum absolute atomic E-state index is 0.0560. The minimum Gasteiger partial charge on any atom is -0.493 e. The number of aliphatic hydroxyl groups is 7. The molecule has 4 heterocycles. The maximum Gasteiger partial charge on any atom is 0.231 e. The van der Waals surface area contributed by atoms with Crippen LogP contribution in [0, 0.1) is 11.8 Å². The quantitative estimate of drug-likeness (QED) is 0.144. The van der Waals surface area contributed by atoms with Gasteiger partial charge in [0.1, 0.15) is 42.7 Å². The topological polar surface area (TPSA) is 234 Å². The second-order valence-electron chi connectivity index (χ2n) is 12.5. The number of methoxy groups -OCH3 is 4. The van der Waals surface area contributed by atoms with Crippen LogP contribution in [-0.4, -0.2) is 146 Å². The van der Waals surface area contributed by atoms with E-state index < -0.39 is 74.3 Å². The number of hydrogen-bond donors (Lipinski definition) is 7. The van der Waals surface area contributed by atoms with Crippen LogP contribution < -0.4 is 23.7 Å². The largest absolute Gasteiger partial charge is 0.493 e. The van der Waals surface area contributed by atoms with Crippen molar-refractivity contribution in [2.24, 2.45) is 11.8 Å². The molecule has 17 heteroatoms. The maximum atomic E-state index is 10.5. The van der Waals surface area contributed by atoms with E-state index in [0.29, 0.717) is 19.0 Å². The normalized spacial score (nSPS) is 38.4. The monoisotopic (exact) mass is 712 g/mol. The third-order valence-corrected chi connectivity index (χ3v) is 9.68. The van der Waals surface area contributed by atoms with Gasteiger partial charge in [-0.2, -0.15) is 0 Å². The van der Waals surface area contributed by atoms with Crippen molar-refractivity contribution in [2.75, 3.05) is 48.3 Å². The van der Waals surface area contributed by atoms with Gasteiger partial charge in [0.15, 0.2) is 29.3 Å². The van der Waals surface area contributed by atoms with Crippen molar-refractivity contribution in [1.29, 1.82) is 0 Å². The Kier molecular flexibility index (Phi) is 11.2. The lowest BCUT2D eigenvalue weighted by atomic mass is 9.84. The van der Waals surface area contributed by atoms with E-state index in [1.165, 1.54) is 28.4 Å². The van der Waals surface area contributed by atoms with Gasteiger partial charge < -0.3 is 83.1 Å². The fraction of sp³-hybridized carbons (Fsp3) is 0.636. The summed E-state index contributed by atoms with van der Waals surface area (Å²) in [6.45, 7) is 0.151. The lowest BCUT2D eigenvalue weighted by molar-refractivity contribution is -0.327. The van der Waals surface area contributed by atoms with Gasteiger partial charge in [0, 0.05) is 18.9 Å². The van der Waals surface area contributed by atoms with Gasteiger partial charge >= 0.3 is 0 Å². The van der Waals surface area contributed by atoms with Gasteiger partial charge in [0.05, 0.1) is 53.4 Å². The molecule has 4 aliphatic heterocycles. The van der Waals surface area contributed by atoms with E-state index in [1.807, 2.05) is 0 Å². The van der Waals surface area contributed by atoms with Crippen LogP contribution in [0.3, 0.4) is 0 Å². The number of ether oxygens (including phenoxy) is 10. The van der Waals surface area contributed by atoms with E-state index >= 15 is 0 Å². The zero-order valence-electron chi connectivity index (χ0n) is 27.8. The molecule has 17 nitrogen and oxygen atoms in total. The van der Waals surface area contributed by atoms with Gasteiger partial charge in [-0.3, -0.25) is 0 Å². The van der Waals surface area contributed by atoms with Crippen LogP contribution in [0.15, 0.2) is 30.3 Å². The van der Waals surface area contributed by atoms with Crippen LogP contribution in [0.4, 0.5) is 0 Å². The smallest absolute Gasteiger partial charge is 0.231 e. The molecule has 0 saturated carbocycles. The van der Waals surface area contributed by atoms with Crippen LogP contribution in [0.1, 0.15) is 23.3 Å². The summed E-state index contributed by atoms with van der Waals surface area (Å²) in [4.78, 5) is 0. The Morgan fingerprint density at radius 1 is 0.580 bits per heavy atom. The maximum absolute atomic E-state index is 10.5. The number of hydrogen-bond acceptors (Lipinski definition) is 17. The van der Waals surface area contributed by atoms with E-state index in [4.69, 9.17) is 47.4 Å².